The number of hydrogen-bond acceptors (Lipinski definition) is 1. The molecule has 1 nitrogen and oxygen atoms in total. The van der Waals surface area contributed by atoms with Crippen LogP contribution in [0.5, 0.6) is 0 Å². The second kappa shape index (κ2) is 6.87. The highest BCUT2D eigenvalue weighted by molar-refractivity contribution is 5.83. The lowest BCUT2D eigenvalue weighted by molar-refractivity contribution is 0.266. The molecule has 0 bridgehead atoms. The van der Waals surface area contributed by atoms with Crippen molar-refractivity contribution in [1.29, 1.82) is 0 Å². The van der Waals surface area contributed by atoms with E-state index in [2.05, 4.69) is 86.0 Å². The Balaban J connectivity index is 2.13. The Morgan fingerprint density at radius 1 is 1.04 bits per heavy atom. The number of fused-ring (bicyclic) bond motifs is 1. The summed E-state index contributed by atoms with van der Waals surface area (Å²) in [6.45, 7) is 9.61. The van der Waals surface area contributed by atoms with Crippen molar-refractivity contribution in [1.82, 2.24) is 4.90 Å². The van der Waals surface area contributed by atoms with E-state index < -0.39 is 0 Å². The Labute approximate surface area is 140 Å². The maximum absolute atomic E-state index is 3.99. The Morgan fingerprint density at radius 2 is 1.74 bits per heavy atom. The van der Waals surface area contributed by atoms with Crippen molar-refractivity contribution in [2.24, 2.45) is 5.92 Å². The van der Waals surface area contributed by atoms with Gasteiger partial charge in [-0.15, -0.1) is 6.58 Å². The van der Waals surface area contributed by atoms with Crippen molar-refractivity contribution in [3.05, 3.63) is 83.9 Å². The van der Waals surface area contributed by atoms with E-state index in [1.165, 1.54) is 22.4 Å². The highest BCUT2D eigenvalue weighted by Gasteiger charge is 2.28. The zero-order valence-corrected chi connectivity index (χ0v) is 14.1. The third-order valence-corrected chi connectivity index (χ3v) is 4.35. The van der Waals surface area contributed by atoms with E-state index in [0.717, 1.165) is 13.0 Å². The summed E-state index contributed by atoms with van der Waals surface area (Å²) in [6.07, 6.45) is 5.35. The fraction of sp³-hybridized carbons (Fsp3) is 0.273. The van der Waals surface area contributed by atoms with Crippen LogP contribution in [0.4, 0.5) is 0 Å². The Kier molecular flexibility index (Phi) is 4.66. The van der Waals surface area contributed by atoms with Crippen molar-refractivity contribution in [3.8, 4) is 0 Å². The average Bonchev–Trinajstić information content (AvgIpc) is 2.57. The summed E-state index contributed by atoms with van der Waals surface area (Å²) < 4.78 is 0. The summed E-state index contributed by atoms with van der Waals surface area (Å²) in [4.78, 5) is 2.56. The molecule has 3 rings (SSSR count). The molecular weight excluding hydrogens is 278 g/mol. The second-order valence-electron chi connectivity index (χ2n) is 6.61. The zero-order valence-electron chi connectivity index (χ0n) is 14.1. The molecular formula is C22H25N. The van der Waals surface area contributed by atoms with Gasteiger partial charge in [0.05, 0.1) is 6.04 Å². The minimum atomic E-state index is 0.367. The molecule has 0 amide bonds. The SMILES string of the molecule is C=CCC1c2ccccc2C=C(c2ccccc2)N1CC(C)C. The average molecular weight is 303 g/mol. The molecule has 1 atom stereocenters. The lowest BCUT2D eigenvalue weighted by Gasteiger charge is -2.40. The number of hydrogen-bond donors (Lipinski definition) is 0. The van der Waals surface area contributed by atoms with Gasteiger partial charge in [0.1, 0.15) is 0 Å². The molecule has 2 aromatic carbocycles. The summed E-state index contributed by atoms with van der Waals surface area (Å²) in [5.41, 5.74) is 5.35. The Morgan fingerprint density at radius 3 is 2.43 bits per heavy atom. The number of nitrogens with zero attached hydrogens (tertiary/aromatic N) is 1. The molecule has 0 fully saturated rings. The predicted molar refractivity (Wildman–Crippen MR) is 99.9 cm³/mol. The molecule has 23 heavy (non-hydrogen) atoms. The molecule has 1 heteroatoms. The number of rotatable bonds is 5. The molecule has 118 valence electrons. The molecule has 0 aromatic heterocycles. The molecule has 1 aliphatic rings. The minimum Gasteiger partial charge on any atom is -0.363 e. The number of benzene rings is 2. The molecule has 0 radical (unpaired) electrons. The zero-order chi connectivity index (χ0) is 16.2. The van der Waals surface area contributed by atoms with Crippen molar-refractivity contribution in [2.45, 2.75) is 26.3 Å². The van der Waals surface area contributed by atoms with Gasteiger partial charge in [-0.25, -0.2) is 0 Å². The van der Waals surface area contributed by atoms with Gasteiger partial charge in [0.25, 0.3) is 0 Å². The van der Waals surface area contributed by atoms with Gasteiger partial charge >= 0.3 is 0 Å². The highest BCUT2D eigenvalue weighted by Crippen LogP contribution is 2.40. The van der Waals surface area contributed by atoms with Crippen LogP contribution in [-0.2, 0) is 0 Å². The third kappa shape index (κ3) is 3.24. The molecule has 2 aromatic rings. The summed E-state index contributed by atoms with van der Waals surface area (Å²) in [5.74, 6) is 0.611. The molecule has 0 aliphatic carbocycles. The van der Waals surface area contributed by atoms with Gasteiger partial charge in [0.15, 0.2) is 0 Å². The summed E-state index contributed by atoms with van der Waals surface area (Å²) in [5, 5.41) is 0. The standard InChI is InChI=1S/C22H25N/c1-4-10-21-20-14-9-8-13-19(20)15-22(23(21)16-17(2)3)18-11-6-5-7-12-18/h4-9,11-15,17,21H,1,10,16H2,2-3H3. The van der Waals surface area contributed by atoms with Crippen molar-refractivity contribution >= 4 is 11.8 Å². The van der Waals surface area contributed by atoms with Gasteiger partial charge in [-0.2, -0.15) is 0 Å². The lowest BCUT2D eigenvalue weighted by atomic mass is 9.89. The van der Waals surface area contributed by atoms with Gasteiger partial charge in [0, 0.05) is 12.2 Å². The normalized spacial score (nSPS) is 16.9. The van der Waals surface area contributed by atoms with Gasteiger partial charge in [0.2, 0.25) is 0 Å². The minimum absolute atomic E-state index is 0.367. The van der Waals surface area contributed by atoms with E-state index >= 15 is 0 Å². The molecule has 0 N–H and O–H groups in total. The molecule has 0 saturated heterocycles. The van der Waals surface area contributed by atoms with Crippen LogP contribution in [-0.4, -0.2) is 11.4 Å². The van der Waals surface area contributed by atoms with Crippen molar-refractivity contribution in [2.75, 3.05) is 6.54 Å². The summed E-state index contributed by atoms with van der Waals surface area (Å²) >= 11 is 0. The van der Waals surface area contributed by atoms with Crippen LogP contribution >= 0.6 is 0 Å². The van der Waals surface area contributed by atoms with E-state index in [1.54, 1.807) is 0 Å². The molecule has 0 spiro atoms. The van der Waals surface area contributed by atoms with Gasteiger partial charge < -0.3 is 4.90 Å². The first-order chi connectivity index (χ1) is 11.2. The predicted octanol–water partition coefficient (Wildman–Crippen LogP) is 5.77. The summed E-state index contributed by atoms with van der Waals surface area (Å²) in [7, 11) is 0. The first-order valence-corrected chi connectivity index (χ1v) is 8.44. The monoisotopic (exact) mass is 303 g/mol. The van der Waals surface area contributed by atoms with Gasteiger partial charge in [-0.3, -0.25) is 0 Å². The van der Waals surface area contributed by atoms with Gasteiger partial charge in [-0.05, 0) is 35.1 Å². The van der Waals surface area contributed by atoms with E-state index in [1.807, 2.05) is 6.08 Å². The molecule has 1 heterocycles. The van der Waals surface area contributed by atoms with E-state index in [-0.39, 0.29) is 0 Å². The molecule has 1 unspecified atom stereocenters. The second-order valence-corrected chi connectivity index (χ2v) is 6.61. The maximum atomic E-state index is 3.99. The van der Waals surface area contributed by atoms with Crippen LogP contribution in [0, 0.1) is 5.92 Å². The van der Waals surface area contributed by atoms with E-state index in [0.29, 0.717) is 12.0 Å². The van der Waals surface area contributed by atoms with Gasteiger partial charge in [-0.1, -0.05) is 74.5 Å². The van der Waals surface area contributed by atoms with E-state index in [4.69, 9.17) is 0 Å². The third-order valence-electron chi connectivity index (χ3n) is 4.35. The fourth-order valence-electron chi connectivity index (χ4n) is 3.40. The Hall–Kier alpha value is -2.28. The fourth-order valence-corrected chi connectivity index (χ4v) is 3.40. The van der Waals surface area contributed by atoms with Crippen LogP contribution in [0.2, 0.25) is 0 Å². The first kappa shape index (κ1) is 15.6. The maximum Gasteiger partial charge on any atom is 0.0582 e. The summed E-state index contributed by atoms with van der Waals surface area (Å²) in [6, 6.07) is 19.8. The van der Waals surface area contributed by atoms with Crippen LogP contribution in [0.3, 0.4) is 0 Å². The topological polar surface area (TPSA) is 3.24 Å². The molecule has 0 saturated carbocycles. The van der Waals surface area contributed by atoms with Crippen LogP contribution in [0.1, 0.15) is 43.0 Å². The quantitative estimate of drug-likeness (QED) is 0.633. The smallest absolute Gasteiger partial charge is 0.0582 e. The first-order valence-electron chi connectivity index (χ1n) is 8.44. The molecule has 1 aliphatic heterocycles. The van der Waals surface area contributed by atoms with Crippen LogP contribution < -0.4 is 0 Å². The Bertz CT molecular complexity index is 697. The lowest BCUT2D eigenvalue weighted by Crippen LogP contribution is -2.33. The van der Waals surface area contributed by atoms with Crippen LogP contribution in [0.25, 0.3) is 11.8 Å². The van der Waals surface area contributed by atoms with Crippen molar-refractivity contribution < 1.29 is 0 Å². The van der Waals surface area contributed by atoms with E-state index in [9.17, 15) is 0 Å². The largest absolute Gasteiger partial charge is 0.363 e. The highest BCUT2D eigenvalue weighted by atomic mass is 15.2. The van der Waals surface area contributed by atoms with Crippen LogP contribution in [0.15, 0.2) is 67.3 Å². The van der Waals surface area contributed by atoms with Crippen molar-refractivity contribution in [3.63, 3.8) is 0 Å².